The summed E-state index contributed by atoms with van der Waals surface area (Å²) in [5.41, 5.74) is 5.88. The molecule has 0 bridgehead atoms. The third-order valence-corrected chi connectivity index (χ3v) is 3.68. The molecule has 0 aliphatic rings. The van der Waals surface area contributed by atoms with Crippen molar-refractivity contribution >= 4 is 15.9 Å². The van der Waals surface area contributed by atoms with E-state index in [0.717, 1.165) is 0 Å². The first-order chi connectivity index (χ1) is 9.50. The second-order valence-corrected chi connectivity index (χ2v) is 5.73. The SMILES string of the molecule is CNS(=O)(=O)CCNC(=O)c1ncccc1C#CCN. The Bertz CT molecular complexity index is 632. The van der Waals surface area contributed by atoms with E-state index in [1.54, 1.807) is 12.1 Å². The molecule has 1 aromatic rings. The summed E-state index contributed by atoms with van der Waals surface area (Å²) >= 11 is 0. The van der Waals surface area contributed by atoms with Gasteiger partial charge in [-0.1, -0.05) is 11.8 Å². The number of rotatable bonds is 5. The molecule has 1 heterocycles. The number of nitrogens with one attached hydrogen (secondary N) is 2. The van der Waals surface area contributed by atoms with Crippen LogP contribution in [0.1, 0.15) is 16.1 Å². The van der Waals surface area contributed by atoms with Crippen LogP contribution >= 0.6 is 0 Å². The largest absolute Gasteiger partial charge is 0.350 e. The van der Waals surface area contributed by atoms with Crippen molar-refractivity contribution < 1.29 is 13.2 Å². The van der Waals surface area contributed by atoms with Crippen LogP contribution in [-0.4, -0.2) is 45.2 Å². The predicted molar refractivity (Wildman–Crippen MR) is 75.3 cm³/mol. The minimum atomic E-state index is -3.35. The Morgan fingerprint density at radius 3 is 2.90 bits per heavy atom. The van der Waals surface area contributed by atoms with E-state index in [-0.39, 0.29) is 24.5 Å². The summed E-state index contributed by atoms with van der Waals surface area (Å²) in [5.74, 6) is 4.71. The molecular formula is C12H16N4O3S. The summed E-state index contributed by atoms with van der Waals surface area (Å²) in [7, 11) is -2.04. The zero-order valence-electron chi connectivity index (χ0n) is 11.0. The van der Waals surface area contributed by atoms with Crippen molar-refractivity contribution in [2.24, 2.45) is 5.73 Å². The van der Waals surface area contributed by atoms with Gasteiger partial charge in [-0.05, 0) is 19.2 Å². The van der Waals surface area contributed by atoms with Gasteiger partial charge < -0.3 is 11.1 Å². The number of amides is 1. The van der Waals surface area contributed by atoms with Gasteiger partial charge >= 0.3 is 0 Å². The van der Waals surface area contributed by atoms with Crippen LogP contribution in [0.5, 0.6) is 0 Å². The van der Waals surface area contributed by atoms with Crippen LogP contribution in [-0.2, 0) is 10.0 Å². The number of sulfonamides is 1. The first-order valence-corrected chi connectivity index (χ1v) is 7.49. The van der Waals surface area contributed by atoms with E-state index in [9.17, 15) is 13.2 Å². The lowest BCUT2D eigenvalue weighted by Gasteiger charge is -2.06. The maximum atomic E-state index is 11.9. The number of nitrogens with two attached hydrogens (primary N) is 1. The number of hydrogen-bond acceptors (Lipinski definition) is 5. The highest BCUT2D eigenvalue weighted by Crippen LogP contribution is 2.03. The maximum absolute atomic E-state index is 11.9. The minimum absolute atomic E-state index is 0.0116. The topological polar surface area (TPSA) is 114 Å². The molecule has 0 atom stereocenters. The number of nitrogens with zero attached hydrogens (tertiary/aromatic N) is 1. The number of hydrogen-bond donors (Lipinski definition) is 3. The molecule has 0 spiro atoms. The van der Waals surface area contributed by atoms with E-state index in [1.165, 1.54) is 13.2 Å². The second kappa shape index (κ2) is 7.59. The number of carbonyl (C=O) groups is 1. The Morgan fingerprint density at radius 2 is 2.25 bits per heavy atom. The monoisotopic (exact) mass is 296 g/mol. The molecule has 0 aliphatic heterocycles. The fourth-order valence-electron chi connectivity index (χ4n) is 1.32. The van der Waals surface area contributed by atoms with Crippen molar-refractivity contribution in [1.29, 1.82) is 0 Å². The van der Waals surface area contributed by atoms with Gasteiger partial charge in [-0.3, -0.25) is 4.79 Å². The van der Waals surface area contributed by atoms with E-state index >= 15 is 0 Å². The molecule has 0 unspecified atom stereocenters. The molecule has 1 rings (SSSR count). The number of carbonyl (C=O) groups excluding carboxylic acids is 1. The van der Waals surface area contributed by atoms with Crippen molar-refractivity contribution in [2.75, 3.05) is 25.9 Å². The molecule has 7 nitrogen and oxygen atoms in total. The zero-order chi connectivity index (χ0) is 15.0. The van der Waals surface area contributed by atoms with Crippen molar-refractivity contribution in [2.45, 2.75) is 0 Å². The molecule has 0 radical (unpaired) electrons. The van der Waals surface area contributed by atoms with E-state index in [2.05, 4.69) is 26.9 Å². The zero-order valence-corrected chi connectivity index (χ0v) is 11.8. The van der Waals surface area contributed by atoms with Crippen LogP contribution in [0.2, 0.25) is 0 Å². The smallest absolute Gasteiger partial charge is 0.271 e. The van der Waals surface area contributed by atoms with Crippen molar-refractivity contribution in [3.05, 3.63) is 29.6 Å². The van der Waals surface area contributed by atoms with Gasteiger partial charge in [-0.2, -0.15) is 0 Å². The van der Waals surface area contributed by atoms with E-state index in [1.807, 2.05) is 0 Å². The quantitative estimate of drug-likeness (QED) is 0.583. The van der Waals surface area contributed by atoms with Gasteiger partial charge in [0.1, 0.15) is 5.69 Å². The summed E-state index contributed by atoms with van der Waals surface area (Å²) in [6, 6.07) is 3.30. The number of pyridine rings is 1. The first kappa shape index (κ1) is 16.1. The van der Waals surface area contributed by atoms with Crippen LogP contribution in [0, 0.1) is 11.8 Å². The summed E-state index contributed by atoms with van der Waals surface area (Å²) in [4.78, 5) is 15.9. The first-order valence-electron chi connectivity index (χ1n) is 5.83. The fourth-order valence-corrected chi connectivity index (χ4v) is 1.89. The Morgan fingerprint density at radius 1 is 1.50 bits per heavy atom. The van der Waals surface area contributed by atoms with Crippen molar-refractivity contribution in [3.8, 4) is 11.8 Å². The van der Waals surface area contributed by atoms with Gasteiger partial charge in [0.25, 0.3) is 5.91 Å². The Labute approximate surface area is 118 Å². The Kier molecular flexibility index (Phi) is 6.11. The number of aromatic nitrogens is 1. The Hall–Kier alpha value is -1.95. The molecular weight excluding hydrogens is 280 g/mol. The van der Waals surface area contributed by atoms with Gasteiger partial charge in [0.15, 0.2) is 0 Å². The van der Waals surface area contributed by atoms with Gasteiger partial charge in [-0.15, -0.1) is 0 Å². The summed E-state index contributed by atoms with van der Waals surface area (Å²) in [5, 5.41) is 2.49. The minimum Gasteiger partial charge on any atom is -0.350 e. The van der Waals surface area contributed by atoms with Crippen LogP contribution in [0.25, 0.3) is 0 Å². The van der Waals surface area contributed by atoms with Gasteiger partial charge in [0, 0.05) is 12.7 Å². The molecule has 0 saturated heterocycles. The predicted octanol–water partition coefficient (Wildman–Crippen LogP) is -1.33. The highest BCUT2D eigenvalue weighted by Gasteiger charge is 2.13. The summed E-state index contributed by atoms with van der Waals surface area (Å²) < 4.78 is 24.6. The highest BCUT2D eigenvalue weighted by molar-refractivity contribution is 7.89. The van der Waals surface area contributed by atoms with E-state index in [4.69, 9.17) is 5.73 Å². The molecule has 108 valence electrons. The molecule has 1 aromatic heterocycles. The second-order valence-electron chi connectivity index (χ2n) is 3.68. The lowest BCUT2D eigenvalue weighted by atomic mass is 10.2. The Balaban J connectivity index is 2.73. The van der Waals surface area contributed by atoms with Gasteiger partial charge in [0.2, 0.25) is 10.0 Å². The van der Waals surface area contributed by atoms with Crippen LogP contribution in [0.3, 0.4) is 0 Å². The molecule has 0 aliphatic carbocycles. The lowest BCUT2D eigenvalue weighted by molar-refractivity contribution is 0.0951. The van der Waals surface area contributed by atoms with Crippen molar-refractivity contribution in [3.63, 3.8) is 0 Å². The normalized spacial score (nSPS) is 10.5. The lowest BCUT2D eigenvalue weighted by Crippen LogP contribution is -2.33. The van der Waals surface area contributed by atoms with Gasteiger partial charge in [0.05, 0.1) is 17.9 Å². The fraction of sp³-hybridized carbons (Fsp3) is 0.333. The molecule has 4 N–H and O–H groups in total. The van der Waals surface area contributed by atoms with E-state index < -0.39 is 15.9 Å². The van der Waals surface area contributed by atoms with Gasteiger partial charge in [-0.25, -0.2) is 18.1 Å². The van der Waals surface area contributed by atoms with Crippen molar-refractivity contribution in [1.82, 2.24) is 15.0 Å². The molecule has 8 heteroatoms. The molecule has 0 aromatic carbocycles. The standard InChI is InChI=1S/C12H16N4O3S/c1-14-20(18,19)9-8-16-12(17)11-10(4-2-6-13)5-3-7-15-11/h3,5,7,14H,6,8-9,13H2,1H3,(H,16,17). The third kappa shape index (κ3) is 4.97. The molecule has 20 heavy (non-hydrogen) atoms. The van der Waals surface area contributed by atoms with E-state index in [0.29, 0.717) is 5.56 Å². The van der Waals surface area contributed by atoms with Crippen LogP contribution in [0.4, 0.5) is 0 Å². The summed E-state index contributed by atoms with van der Waals surface area (Å²) in [6.45, 7) is 0.165. The summed E-state index contributed by atoms with van der Waals surface area (Å²) in [6.07, 6.45) is 1.47. The van der Waals surface area contributed by atoms with Crippen LogP contribution in [0.15, 0.2) is 18.3 Å². The highest BCUT2D eigenvalue weighted by atomic mass is 32.2. The molecule has 0 fully saturated rings. The third-order valence-electron chi connectivity index (χ3n) is 2.32. The average Bonchev–Trinajstić information content (AvgIpc) is 2.45. The molecule has 1 amide bonds. The maximum Gasteiger partial charge on any atom is 0.271 e. The molecule has 0 saturated carbocycles. The van der Waals surface area contributed by atoms with Crippen LogP contribution < -0.4 is 15.8 Å². The average molecular weight is 296 g/mol.